The van der Waals surface area contributed by atoms with Crippen LogP contribution in [0.25, 0.3) is 0 Å². The van der Waals surface area contributed by atoms with Crippen LogP contribution in [0.15, 0.2) is 18.3 Å². The van der Waals surface area contributed by atoms with Crippen LogP contribution in [0.4, 0.5) is 11.5 Å². The van der Waals surface area contributed by atoms with Gasteiger partial charge in [0.05, 0.1) is 24.8 Å². The number of pyridine rings is 1. The van der Waals surface area contributed by atoms with E-state index in [2.05, 4.69) is 34.4 Å². The first-order chi connectivity index (χ1) is 12.4. The van der Waals surface area contributed by atoms with E-state index in [1.54, 1.807) is 18.3 Å². The number of aromatic nitrogens is 1. The largest absolute Gasteiger partial charge is 0.324 e. The van der Waals surface area contributed by atoms with Crippen molar-refractivity contribution in [3.63, 3.8) is 0 Å². The molecule has 1 aromatic rings. The second-order valence-electron chi connectivity index (χ2n) is 6.99. The molecule has 0 saturated carbocycles. The topological polar surface area (TPSA) is 94.6 Å². The SMILES string of the molecule is Br.C[C@@H]1CNC[C@H](C)N1CC(=O)Nc1ccc(N2CCC(=O)CC2=O)nc1. The summed E-state index contributed by atoms with van der Waals surface area (Å²) >= 11 is 0. The van der Waals surface area contributed by atoms with E-state index in [4.69, 9.17) is 0 Å². The molecule has 1 aromatic heterocycles. The fraction of sp³-hybridized carbons (Fsp3) is 0.556. The first-order valence-electron chi connectivity index (χ1n) is 8.98. The van der Waals surface area contributed by atoms with Crippen molar-refractivity contribution >= 4 is 46.1 Å². The zero-order chi connectivity index (χ0) is 18.7. The number of ketones is 1. The summed E-state index contributed by atoms with van der Waals surface area (Å²) in [5.41, 5.74) is 0.592. The summed E-state index contributed by atoms with van der Waals surface area (Å²) in [6.45, 7) is 6.65. The highest BCUT2D eigenvalue weighted by molar-refractivity contribution is 8.93. The predicted octanol–water partition coefficient (Wildman–Crippen LogP) is 0.976. The summed E-state index contributed by atoms with van der Waals surface area (Å²) in [7, 11) is 0. The van der Waals surface area contributed by atoms with Crippen LogP contribution in [0.3, 0.4) is 0 Å². The van der Waals surface area contributed by atoms with Crippen LogP contribution in [-0.4, -0.2) is 65.7 Å². The van der Waals surface area contributed by atoms with Crippen molar-refractivity contribution < 1.29 is 14.4 Å². The molecule has 0 radical (unpaired) electrons. The Balaban J connectivity index is 0.00000261. The molecule has 2 saturated heterocycles. The van der Waals surface area contributed by atoms with Gasteiger partial charge in [0.1, 0.15) is 11.6 Å². The summed E-state index contributed by atoms with van der Waals surface area (Å²) in [6.07, 6.45) is 1.83. The Kier molecular flexibility index (Phi) is 7.46. The number of piperazine rings is 1. The maximum Gasteiger partial charge on any atom is 0.238 e. The molecule has 0 unspecified atom stereocenters. The van der Waals surface area contributed by atoms with Gasteiger partial charge in [-0.2, -0.15) is 0 Å². The lowest BCUT2D eigenvalue weighted by molar-refractivity contribution is -0.128. The minimum absolute atomic E-state index is 0. The van der Waals surface area contributed by atoms with Gasteiger partial charge in [0.2, 0.25) is 11.8 Å². The van der Waals surface area contributed by atoms with Crippen LogP contribution in [0.1, 0.15) is 26.7 Å². The van der Waals surface area contributed by atoms with Crippen molar-refractivity contribution in [3.05, 3.63) is 18.3 Å². The third-order valence-electron chi connectivity index (χ3n) is 4.91. The maximum atomic E-state index is 12.3. The number of amides is 2. The van der Waals surface area contributed by atoms with Crippen LogP contribution < -0.4 is 15.5 Å². The van der Waals surface area contributed by atoms with Gasteiger partial charge in [-0.15, -0.1) is 17.0 Å². The molecule has 2 atom stereocenters. The number of carbonyl (C=O) groups is 3. The minimum Gasteiger partial charge on any atom is -0.324 e. The number of rotatable bonds is 4. The molecule has 0 aliphatic carbocycles. The van der Waals surface area contributed by atoms with E-state index in [1.165, 1.54) is 4.90 Å². The van der Waals surface area contributed by atoms with Gasteiger partial charge in [-0.3, -0.25) is 24.2 Å². The van der Waals surface area contributed by atoms with Crippen molar-refractivity contribution in [3.8, 4) is 0 Å². The van der Waals surface area contributed by atoms with Gasteiger partial charge in [0.15, 0.2) is 0 Å². The number of nitrogens with one attached hydrogen (secondary N) is 2. The highest BCUT2D eigenvalue weighted by Crippen LogP contribution is 2.19. The van der Waals surface area contributed by atoms with Crippen LogP contribution in [0, 0.1) is 0 Å². The number of nitrogens with zero attached hydrogens (tertiary/aromatic N) is 3. The molecule has 3 heterocycles. The van der Waals surface area contributed by atoms with Gasteiger partial charge >= 0.3 is 0 Å². The van der Waals surface area contributed by atoms with Crippen molar-refractivity contribution in [1.82, 2.24) is 15.2 Å². The molecule has 9 heteroatoms. The zero-order valence-electron chi connectivity index (χ0n) is 15.6. The molecule has 148 valence electrons. The first-order valence-corrected chi connectivity index (χ1v) is 8.98. The quantitative estimate of drug-likeness (QED) is 0.678. The average molecular weight is 440 g/mol. The number of hydrogen-bond donors (Lipinski definition) is 2. The van der Waals surface area contributed by atoms with Gasteiger partial charge in [-0.05, 0) is 26.0 Å². The smallest absolute Gasteiger partial charge is 0.238 e. The number of piperidine rings is 1. The Hall–Kier alpha value is -1.84. The molecule has 27 heavy (non-hydrogen) atoms. The van der Waals surface area contributed by atoms with Gasteiger partial charge < -0.3 is 10.6 Å². The van der Waals surface area contributed by atoms with Gasteiger partial charge in [-0.25, -0.2) is 4.98 Å². The number of halogens is 1. The Morgan fingerprint density at radius 1 is 1.26 bits per heavy atom. The van der Waals surface area contributed by atoms with Crippen molar-refractivity contribution in [1.29, 1.82) is 0 Å². The van der Waals surface area contributed by atoms with E-state index in [9.17, 15) is 14.4 Å². The molecule has 3 rings (SSSR count). The Morgan fingerprint density at radius 3 is 2.56 bits per heavy atom. The molecule has 2 aliphatic heterocycles. The van der Waals surface area contributed by atoms with E-state index in [0.29, 0.717) is 43.1 Å². The highest BCUT2D eigenvalue weighted by atomic mass is 79.9. The molecule has 2 amide bonds. The molecule has 0 spiro atoms. The Labute approximate surface area is 169 Å². The minimum atomic E-state index is -0.229. The lowest BCUT2D eigenvalue weighted by atomic mass is 10.1. The summed E-state index contributed by atoms with van der Waals surface area (Å²) in [5, 5.41) is 6.20. The third kappa shape index (κ3) is 5.33. The summed E-state index contributed by atoms with van der Waals surface area (Å²) < 4.78 is 0. The fourth-order valence-corrected chi connectivity index (χ4v) is 3.42. The molecule has 2 aliphatic rings. The zero-order valence-corrected chi connectivity index (χ0v) is 17.3. The van der Waals surface area contributed by atoms with E-state index in [-0.39, 0.29) is 41.0 Å². The number of carbonyl (C=O) groups excluding carboxylic acids is 3. The summed E-state index contributed by atoms with van der Waals surface area (Å²) in [6, 6.07) is 4.03. The van der Waals surface area contributed by atoms with E-state index in [0.717, 1.165) is 13.1 Å². The number of Topliss-reactive ketones (excluding diaryl/α,β-unsaturated/α-hetero) is 1. The molecular formula is C18H26BrN5O3. The van der Waals surface area contributed by atoms with E-state index < -0.39 is 0 Å². The molecule has 2 N–H and O–H groups in total. The monoisotopic (exact) mass is 439 g/mol. The van der Waals surface area contributed by atoms with Gasteiger partial charge in [0.25, 0.3) is 0 Å². The van der Waals surface area contributed by atoms with Crippen LogP contribution in [-0.2, 0) is 14.4 Å². The first kappa shape index (κ1) is 21.5. The molecular weight excluding hydrogens is 414 g/mol. The standard InChI is InChI=1S/C18H25N5O3.BrH/c1-12-8-19-9-13(2)23(12)11-17(25)21-14-3-4-16(20-10-14)22-6-5-15(24)7-18(22)26;/h3-4,10,12-13,19H,5-9,11H2,1-2H3,(H,21,25);1H/t12-,13+;. The van der Waals surface area contributed by atoms with Crippen LogP contribution in [0.5, 0.6) is 0 Å². The van der Waals surface area contributed by atoms with Crippen molar-refractivity contribution in [2.24, 2.45) is 0 Å². The lowest BCUT2D eigenvalue weighted by Crippen LogP contribution is -2.56. The van der Waals surface area contributed by atoms with E-state index in [1.807, 2.05) is 0 Å². The van der Waals surface area contributed by atoms with E-state index >= 15 is 0 Å². The van der Waals surface area contributed by atoms with Crippen LogP contribution >= 0.6 is 17.0 Å². The van der Waals surface area contributed by atoms with Gasteiger partial charge in [-0.1, -0.05) is 0 Å². The number of hydrogen-bond acceptors (Lipinski definition) is 6. The Bertz CT molecular complexity index is 687. The third-order valence-corrected chi connectivity index (χ3v) is 4.91. The molecule has 0 bridgehead atoms. The van der Waals surface area contributed by atoms with Crippen LogP contribution in [0.2, 0.25) is 0 Å². The fourth-order valence-electron chi connectivity index (χ4n) is 3.42. The second kappa shape index (κ2) is 9.38. The second-order valence-corrected chi connectivity index (χ2v) is 6.99. The lowest BCUT2D eigenvalue weighted by Gasteiger charge is -2.38. The number of anilines is 2. The highest BCUT2D eigenvalue weighted by Gasteiger charge is 2.27. The van der Waals surface area contributed by atoms with Crippen molar-refractivity contribution in [2.75, 3.05) is 36.4 Å². The van der Waals surface area contributed by atoms with Crippen molar-refractivity contribution in [2.45, 2.75) is 38.8 Å². The molecule has 0 aromatic carbocycles. The normalized spacial score (nSPS) is 23.7. The summed E-state index contributed by atoms with van der Waals surface area (Å²) in [4.78, 5) is 43.5. The average Bonchev–Trinajstić information content (AvgIpc) is 2.59. The molecule has 2 fully saturated rings. The van der Waals surface area contributed by atoms with Gasteiger partial charge in [0, 0.05) is 38.1 Å². The summed E-state index contributed by atoms with van der Waals surface area (Å²) in [5.74, 6) is 0.156. The maximum absolute atomic E-state index is 12.3. The molecule has 8 nitrogen and oxygen atoms in total. The predicted molar refractivity (Wildman–Crippen MR) is 108 cm³/mol. The Morgan fingerprint density at radius 2 is 1.96 bits per heavy atom.